The Bertz CT molecular complexity index is 505. The highest BCUT2D eigenvalue weighted by atomic mass is 127. The fraction of sp³-hybridized carbons (Fsp3) is 0.632. The van der Waals surface area contributed by atoms with Gasteiger partial charge in [0, 0.05) is 44.7 Å². The molecule has 2 rings (SSSR count). The number of aliphatic imine (C=N–C) groups is 1. The highest BCUT2D eigenvalue weighted by Gasteiger charge is 2.34. The number of halogens is 1. The molecule has 0 aliphatic carbocycles. The summed E-state index contributed by atoms with van der Waals surface area (Å²) < 4.78 is 5.54. The van der Waals surface area contributed by atoms with Crippen LogP contribution in [0.5, 0.6) is 0 Å². The predicted molar refractivity (Wildman–Crippen MR) is 114 cm³/mol. The average molecular weight is 461 g/mol. The second kappa shape index (κ2) is 11.7. The van der Waals surface area contributed by atoms with Gasteiger partial charge in [-0.2, -0.15) is 0 Å². The van der Waals surface area contributed by atoms with E-state index in [2.05, 4.69) is 52.9 Å². The first-order valence-corrected chi connectivity index (χ1v) is 8.91. The molecule has 1 aliphatic heterocycles. The number of rotatable bonds is 8. The van der Waals surface area contributed by atoms with Crippen molar-refractivity contribution in [3.8, 4) is 0 Å². The Morgan fingerprint density at radius 3 is 2.64 bits per heavy atom. The smallest absolute Gasteiger partial charge is 0.191 e. The Morgan fingerprint density at radius 2 is 2.08 bits per heavy atom. The lowest BCUT2D eigenvalue weighted by Crippen LogP contribution is -2.45. The van der Waals surface area contributed by atoms with E-state index in [-0.39, 0.29) is 36.0 Å². The van der Waals surface area contributed by atoms with E-state index in [0.29, 0.717) is 12.5 Å². The Labute approximate surface area is 168 Å². The molecule has 1 heterocycles. The van der Waals surface area contributed by atoms with Crippen LogP contribution in [-0.2, 0) is 4.74 Å². The van der Waals surface area contributed by atoms with Crippen molar-refractivity contribution in [3.63, 3.8) is 0 Å². The maximum Gasteiger partial charge on any atom is 0.191 e. The lowest BCUT2D eigenvalue weighted by Gasteiger charge is -2.28. The van der Waals surface area contributed by atoms with E-state index >= 15 is 0 Å². The zero-order chi connectivity index (χ0) is 17.3. The number of nitrogens with one attached hydrogen (secondary N) is 2. The van der Waals surface area contributed by atoms with E-state index in [1.807, 2.05) is 0 Å². The van der Waals surface area contributed by atoms with E-state index in [1.54, 1.807) is 7.05 Å². The quantitative estimate of drug-likeness (QED) is 0.317. The SMILES string of the molecule is CCC(CNC(=NC)NCC1(CCO)CCOC1)c1ccccc1.I. The summed E-state index contributed by atoms with van der Waals surface area (Å²) in [6, 6.07) is 10.6. The largest absolute Gasteiger partial charge is 0.396 e. The normalized spacial score (nSPS) is 21.5. The van der Waals surface area contributed by atoms with E-state index < -0.39 is 0 Å². The van der Waals surface area contributed by atoms with Crippen LogP contribution in [-0.4, -0.2) is 51.0 Å². The minimum absolute atomic E-state index is 0. The van der Waals surface area contributed by atoms with Crippen LogP contribution in [0, 0.1) is 5.41 Å². The second-order valence-electron chi connectivity index (χ2n) is 6.60. The first kappa shape index (κ1) is 22.2. The third-order valence-electron chi connectivity index (χ3n) is 4.96. The van der Waals surface area contributed by atoms with Gasteiger partial charge in [-0.05, 0) is 24.8 Å². The van der Waals surface area contributed by atoms with Gasteiger partial charge >= 0.3 is 0 Å². The summed E-state index contributed by atoms with van der Waals surface area (Å²) in [5.74, 6) is 1.28. The zero-order valence-corrected chi connectivity index (χ0v) is 17.7. The van der Waals surface area contributed by atoms with Gasteiger partial charge < -0.3 is 20.5 Å². The molecule has 0 bridgehead atoms. The Morgan fingerprint density at radius 1 is 1.32 bits per heavy atom. The molecule has 0 radical (unpaired) electrons. The molecule has 1 aromatic carbocycles. The molecule has 1 fully saturated rings. The van der Waals surface area contributed by atoms with Crippen LogP contribution in [0.25, 0.3) is 0 Å². The molecule has 2 unspecified atom stereocenters. The fourth-order valence-corrected chi connectivity index (χ4v) is 3.25. The third-order valence-corrected chi connectivity index (χ3v) is 4.96. The topological polar surface area (TPSA) is 65.9 Å². The fourth-order valence-electron chi connectivity index (χ4n) is 3.25. The molecule has 1 aliphatic rings. The molecule has 5 nitrogen and oxygen atoms in total. The second-order valence-corrected chi connectivity index (χ2v) is 6.60. The molecule has 0 aromatic heterocycles. The molecule has 25 heavy (non-hydrogen) atoms. The van der Waals surface area contributed by atoms with Gasteiger partial charge in [-0.1, -0.05) is 37.3 Å². The minimum atomic E-state index is 0. The first-order valence-electron chi connectivity index (χ1n) is 8.91. The number of hydrogen-bond donors (Lipinski definition) is 3. The van der Waals surface area contributed by atoms with Crippen LogP contribution < -0.4 is 10.6 Å². The maximum atomic E-state index is 9.32. The monoisotopic (exact) mass is 461 g/mol. The van der Waals surface area contributed by atoms with Crippen LogP contribution in [0.1, 0.15) is 37.7 Å². The summed E-state index contributed by atoms with van der Waals surface area (Å²) in [7, 11) is 1.79. The molecule has 2 atom stereocenters. The summed E-state index contributed by atoms with van der Waals surface area (Å²) in [4.78, 5) is 4.33. The van der Waals surface area contributed by atoms with E-state index in [4.69, 9.17) is 4.74 Å². The number of aliphatic hydroxyl groups excluding tert-OH is 1. The van der Waals surface area contributed by atoms with Gasteiger partial charge in [0.1, 0.15) is 0 Å². The van der Waals surface area contributed by atoms with Gasteiger partial charge in [-0.25, -0.2) is 0 Å². The standard InChI is InChI=1S/C19H31N3O2.HI/c1-3-16(17-7-5-4-6-8-17)13-21-18(20-2)22-14-19(9-11-23)10-12-24-15-19;/h4-8,16,23H,3,9-15H2,1-2H3,(H2,20,21,22);1H. The molecular weight excluding hydrogens is 429 g/mol. The Kier molecular flexibility index (Phi) is 10.4. The first-order chi connectivity index (χ1) is 11.7. The van der Waals surface area contributed by atoms with Crippen molar-refractivity contribution in [2.75, 3.05) is 40.0 Å². The van der Waals surface area contributed by atoms with E-state index in [9.17, 15) is 5.11 Å². The summed E-state index contributed by atoms with van der Waals surface area (Å²) >= 11 is 0. The van der Waals surface area contributed by atoms with E-state index in [0.717, 1.165) is 44.9 Å². The van der Waals surface area contributed by atoms with Crippen LogP contribution >= 0.6 is 24.0 Å². The van der Waals surface area contributed by atoms with Crippen molar-refractivity contribution >= 4 is 29.9 Å². The lowest BCUT2D eigenvalue weighted by atomic mass is 9.84. The predicted octanol–water partition coefficient (Wildman–Crippen LogP) is 2.75. The summed E-state index contributed by atoms with van der Waals surface area (Å²) in [6.07, 6.45) is 2.83. The van der Waals surface area contributed by atoms with Crippen molar-refractivity contribution in [2.45, 2.75) is 32.1 Å². The summed E-state index contributed by atoms with van der Waals surface area (Å²) in [5.41, 5.74) is 1.37. The third kappa shape index (κ3) is 6.75. The van der Waals surface area contributed by atoms with Gasteiger partial charge in [0.05, 0.1) is 6.61 Å². The van der Waals surface area contributed by atoms with Crippen molar-refractivity contribution in [1.29, 1.82) is 0 Å². The van der Waals surface area contributed by atoms with Gasteiger partial charge in [-0.3, -0.25) is 4.99 Å². The molecule has 0 amide bonds. The van der Waals surface area contributed by atoms with Gasteiger partial charge in [-0.15, -0.1) is 24.0 Å². The maximum absolute atomic E-state index is 9.32. The lowest BCUT2D eigenvalue weighted by molar-refractivity contribution is 0.127. The number of ether oxygens (including phenoxy) is 1. The summed E-state index contributed by atoms with van der Waals surface area (Å²) in [6.45, 7) is 5.52. The molecule has 0 spiro atoms. The number of nitrogens with zero attached hydrogens (tertiary/aromatic N) is 1. The summed E-state index contributed by atoms with van der Waals surface area (Å²) in [5, 5.41) is 16.2. The zero-order valence-electron chi connectivity index (χ0n) is 15.3. The Balaban J connectivity index is 0.00000312. The van der Waals surface area contributed by atoms with Crippen molar-refractivity contribution in [2.24, 2.45) is 10.4 Å². The molecule has 3 N–H and O–H groups in total. The number of guanidine groups is 1. The molecule has 0 saturated carbocycles. The van der Waals surface area contributed by atoms with E-state index in [1.165, 1.54) is 5.56 Å². The van der Waals surface area contributed by atoms with Gasteiger partial charge in [0.2, 0.25) is 0 Å². The van der Waals surface area contributed by atoms with Crippen molar-refractivity contribution in [3.05, 3.63) is 35.9 Å². The van der Waals surface area contributed by atoms with Crippen molar-refractivity contribution < 1.29 is 9.84 Å². The number of aliphatic hydroxyl groups is 1. The highest BCUT2D eigenvalue weighted by molar-refractivity contribution is 14.0. The number of benzene rings is 1. The van der Waals surface area contributed by atoms with Gasteiger partial charge in [0.25, 0.3) is 0 Å². The molecular formula is C19H32IN3O2. The van der Waals surface area contributed by atoms with Crippen LogP contribution in [0.2, 0.25) is 0 Å². The van der Waals surface area contributed by atoms with Crippen molar-refractivity contribution in [1.82, 2.24) is 10.6 Å². The number of hydrogen-bond acceptors (Lipinski definition) is 3. The molecule has 1 aromatic rings. The molecule has 6 heteroatoms. The minimum Gasteiger partial charge on any atom is -0.396 e. The van der Waals surface area contributed by atoms with Crippen LogP contribution in [0.3, 0.4) is 0 Å². The Hall–Kier alpha value is -0.860. The van der Waals surface area contributed by atoms with Crippen LogP contribution in [0.15, 0.2) is 35.3 Å². The average Bonchev–Trinajstić information content (AvgIpc) is 3.08. The van der Waals surface area contributed by atoms with Crippen LogP contribution in [0.4, 0.5) is 0 Å². The van der Waals surface area contributed by atoms with Gasteiger partial charge in [0.15, 0.2) is 5.96 Å². The molecule has 142 valence electrons. The molecule has 1 saturated heterocycles. The highest BCUT2D eigenvalue weighted by Crippen LogP contribution is 2.31.